The molecule has 0 saturated carbocycles. The zero-order valence-electron chi connectivity index (χ0n) is 12.2. The van der Waals surface area contributed by atoms with Crippen LogP contribution in [0.25, 0.3) is 0 Å². The Balaban J connectivity index is 1.70. The third-order valence-corrected chi connectivity index (χ3v) is 3.45. The van der Waals surface area contributed by atoms with E-state index in [-0.39, 0.29) is 0 Å². The summed E-state index contributed by atoms with van der Waals surface area (Å²) in [7, 11) is 3.27. The summed E-state index contributed by atoms with van der Waals surface area (Å²) >= 11 is 0. The first-order valence-electron chi connectivity index (χ1n) is 6.99. The molecule has 0 unspecified atom stereocenters. The van der Waals surface area contributed by atoms with Gasteiger partial charge in [-0.1, -0.05) is 0 Å². The maximum Gasteiger partial charge on any atom is 0.316 e. The fourth-order valence-corrected chi connectivity index (χ4v) is 2.32. The summed E-state index contributed by atoms with van der Waals surface area (Å²) in [5.41, 5.74) is 1.12. The molecule has 6 heteroatoms. The van der Waals surface area contributed by atoms with E-state index in [1.807, 2.05) is 12.4 Å². The first kappa shape index (κ1) is 15.2. The van der Waals surface area contributed by atoms with Gasteiger partial charge in [0.25, 0.3) is 0 Å². The second-order valence-electron chi connectivity index (χ2n) is 4.92. The van der Waals surface area contributed by atoms with Crippen molar-refractivity contribution in [3.05, 3.63) is 18.0 Å². The fraction of sp³-hybridized carbons (Fsp3) is 0.714. The molecule has 1 aromatic heterocycles. The molecule has 0 amide bonds. The van der Waals surface area contributed by atoms with Crippen molar-refractivity contribution in [1.82, 2.24) is 14.9 Å². The van der Waals surface area contributed by atoms with Gasteiger partial charge in [0, 0.05) is 44.7 Å². The third kappa shape index (κ3) is 4.70. The highest BCUT2D eigenvalue weighted by atomic mass is 16.5. The molecule has 1 aliphatic rings. The molecule has 1 fully saturated rings. The summed E-state index contributed by atoms with van der Waals surface area (Å²) in [6, 6.07) is 0.416. The zero-order valence-corrected chi connectivity index (χ0v) is 12.2. The molecule has 1 saturated heterocycles. The van der Waals surface area contributed by atoms with Gasteiger partial charge < -0.3 is 14.2 Å². The van der Waals surface area contributed by atoms with Crippen LogP contribution < -0.4 is 4.74 Å². The minimum absolute atomic E-state index is 0.369. The van der Waals surface area contributed by atoms with Crippen LogP contribution in [0, 0.1) is 0 Å². The Morgan fingerprint density at radius 1 is 1.15 bits per heavy atom. The van der Waals surface area contributed by atoms with Gasteiger partial charge in [-0.25, -0.2) is 9.97 Å². The van der Waals surface area contributed by atoms with Crippen LogP contribution in [-0.4, -0.2) is 61.5 Å². The molecule has 2 rings (SSSR count). The van der Waals surface area contributed by atoms with Crippen LogP contribution in [0.2, 0.25) is 0 Å². The summed E-state index contributed by atoms with van der Waals surface area (Å²) in [4.78, 5) is 10.7. The first-order chi connectivity index (χ1) is 9.81. The molecule has 0 N–H and O–H groups in total. The van der Waals surface area contributed by atoms with Gasteiger partial charge in [0.15, 0.2) is 0 Å². The highest BCUT2D eigenvalue weighted by Gasteiger charge is 2.19. The summed E-state index contributed by atoms with van der Waals surface area (Å²) in [5.74, 6) is 0. The maximum absolute atomic E-state index is 5.76. The van der Waals surface area contributed by atoms with Gasteiger partial charge in [-0.05, 0) is 12.8 Å². The van der Waals surface area contributed by atoms with E-state index >= 15 is 0 Å². The van der Waals surface area contributed by atoms with E-state index in [9.17, 15) is 0 Å². The van der Waals surface area contributed by atoms with E-state index in [1.54, 1.807) is 14.2 Å². The highest BCUT2D eigenvalue weighted by molar-refractivity contribution is 5.07. The van der Waals surface area contributed by atoms with Crippen LogP contribution in [0.3, 0.4) is 0 Å². The smallest absolute Gasteiger partial charge is 0.316 e. The molecule has 112 valence electrons. The van der Waals surface area contributed by atoms with Crippen LogP contribution in [-0.2, 0) is 16.0 Å². The Morgan fingerprint density at radius 2 is 1.85 bits per heavy atom. The molecule has 0 radical (unpaired) electrons. The zero-order chi connectivity index (χ0) is 14.2. The fourth-order valence-electron chi connectivity index (χ4n) is 2.32. The number of piperidine rings is 1. The number of ether oxygens (including phenoxy) is 3. The molecule has 0 aromatic carbocycles. The van der Waals surface area contributed by atoms with Crippen molar-refractivity contribution >= 4 is 0 Å². The minimum atomic E-state index is 0.369. The molecule has 20 heavy (non-hydrogen) atoms. The number of hydrogen-bond donors (Lipinski definition) is 0. The van der Waals surface area contributed by atoms with Gasteiger partial charge in [-0.3, -0.25) is 4.90 Å². The number of rotatable bonds is 7. The Kier molecular flexibility index (Phi) is 6.17. The molecule has 6 nitrogen and oxygen atoms in total. The highest BCUT2D eigenvalue weighted by Crippen LogP contribution is 2.16. The van der Waals surface area contributed by atoms with Crippen molar-refractivity contribution in [1.29, 1.82) is 0 Å². The monoisotopic (exact) mass is 281 g/mol. The van der Waals surface area contributed by atoms with Gasteiger partial charge in [-0.15, -0.1) is 0 Å². The predicted octanol–water partition coefficient (Wildman–Crippen LogP) is 1.11. The van der Waals surface area contributed by atoms with Crippen LogP contribution in [0.15, 0.2) is 12.4 Å². The lowest BCUT2D eigenvalue weighted by atomic mass is 10.1. The predicted molar refractivity (Wildman–Crippen MR) is 74.7 cm³/mol. The Labute approximate surface area is 120 Å². The van der Waals surface area contributed by atoms with Gasteiger partial charge in [0.2, 0.25) is 0 Å². The summed E-state index contributed by atoms with van der Waals surface area (Å²) in [6.45, 7) is 4.33. The van der Waals surface area contributed by atoms with Crippen molar-refractivity contribution in [2.24, 2.45) is 0 Å². The van der Waals surface area contributed by atoms with E-state index in [1.165, 1.54) is 0 Å². The maximum atomic E-state index is 5.76. The average molecular weight is 281 g/mol. The first-order valence-corrected chi connectivity index (χ1v) is 6.99. The normalized spacial score (nSPS) is 17.3. The van der Waals surface area contributed by atoms with Gasteiger partial charge in [-0.2, -0.15) is 0 Å². The number of likely N-dealkylation sites (tertiary alicyclic amines) is 1. The SMILES string of the molecule is COCCOC1CCN(Cc2cnc(OC)nc2)CC1. The lowest BCUT2D eigenvalue weighted by molar-refractivity contribution is -0.0158. The van der Waals surface area contributed by atoms with E-state index in [0.717, 1.165) is 38.0 Å². The number of aromatic nitrogens is 2. The van der Waals surface area contributed by atoms with Crippen LogP contribution in [0.4, 0.5) is 0 Å². The van der Waals surface area contributed by atoms with Gasteiger partial charge in [0.1, 0.15) is 0 Å². The Hall–Kier alpha value is -1.24. The lowest BCUT2D eigenvalue weighted by Gasteiger charge is -2.31. The molecule has 1 aliphatic heterocycles. The van der Waals surface area contributed by atoms with Crippen molar-refractivity contribution < 1.29 is 14.2 Å². The molecular weight excluding hydrogens is 258 g/mol. The molecular formula is C14H23N3O3. The second-order valence-corrected chi connectivity index (χ2v) is 4.92. The van der Waals surface area contributed by atoms with E-state index in [4.69, 9.17) is 14.2 Å². The lowest BCUT2D eigenvalue weighted by Crippen LogP contribution is -2.37. The average Bonchev–Trinajstić information content (AvgIpc) is 2.50. The third-order valence-electron chi connectivity index (χ3n) is 3.45. The van der Waals surface area contributed by atoms with Gasteiger partial charge >= 0.3 is 6.01 Å². The van der Waals surface area contributed by atoms with Crippen molar-refractivity contribution in [3.8, 4) is 6.01 Å². The van der Waals surface area contributed by atoms with Gasteiger partial charge in [0.05, 0.1) is 26.4 Å². The Bertz CT molecular complexity index is 378. The minimum Gasteiger partial charge on any atom is -0.467 e. The molecule has 0 spiro atoms. The van der Waals surface area contributed by atoms with E-state index in [0.29, 0.717) is 25.3 Å². The summed E-state index contributed by atoms with van der Waals surface area (Å²) in [5, 5.41) is 0. The van der Waals surface area contributed by atoms with Crippen LogP contribution in [0.1, 0.15) is 18.4 Å². The second kappa shape index (κ2) is 8.14. The quantitative estimate of drug-likeness (QED) is 0.698. The standard InChI is InChI=1S/C14H23N3O3/c1-18-7-8-20-13-3-5-17(6-4-13)11-12-9-15-14(19-2)16-10-12/h9-10,13H,3-8,11H2,1-2H3. The molecule has 1 aromatic rings. The van der Waals surface area contributed by atoms with Crippen molar-refractivity contribution in [2.75, 3.05) is 40.5 Å². The number of nitrogens with zero attached hydrogens (tertiary/aromatic N) is 3. The van der Waals surface area contributed by atoms with Crippen molar-refractivity contribution in [2.45, 2.75) is 25.5 Å². The molecule has 0 atom stereocenters. The van der Waals surface area contributed by atoms with E-state index < -0.39 is 0 Å². The topological polar surface area (TPSA) is 56.7 Å². The van der Waals surface area contributed by atoms with Crippen molar-refractivity contribution in [3.63, 3.8) is 0 Å². The number of hydrogen-bond acceptors (Lipinski definition) is 6. The number of methoxy groups -OCH3 is 2. The van der Waals surface area contributed by atoms with Crippen LogP contribution in [0.5, 0.6) is 6.01 Å². The molecule has 0 bridgehead atoms. The largest absolute Gasteiger partial charge is 0.467 e. The van der Waals surface area contributed by atoms with E-state index in [2.05, 4.69) is 14.9 Å². The summed E-state index contributed by atoms with van der Waals surface area (Å²) < 4.78 is 15.7. The Morgan fingerprint density at radius 3 is 2.45 bits per heavy atom. The summed E-state index contributed by atoms with van der Waals surface area (Å²) in [6.07, 6.45) is 6.16. The van der Waals surface area contributed by atoms with Crippen LogP contribution >= 0.6 is 0 Å². The molecule has 2 heterocycles. The molecule has 0 aliphatic carbocycles.